The summed E-state index contributed by atoms with van der Waals surface area (Å²) >= 11 is 0. The smallest absolute Gasteiger partial charge is 0.0170 e. The van der Waals surface area contributed by atoms with Gasteiger partial charge in [0.15, 0.2) is 0 Å². The fraction of sp³-hybridized carbons (Fsp3) is 0.500. The summed E-state index contributed by atoms with van der Waals surface area (Å²) in [5.41, 5.74) is 0. The second-order valence-corrected chi connectivity index (χ2v) is 2.64. The predicted octanol–water partition coefficient (Wildman–Crippen LogP) is 3.27. The summed E-state index contributed by atoms with van der Waals surface area (Å²) in [5.74, 6) is 0. The van der Waals surface area contributed by atoms with E-state index in [-0.39, 0.29) is 0 Å². The van der Waals surface area contributed by atoms with Crippen LogP contribution in [0.15, 0.2) is 24.3 Å². The molecule has 0 amide bonds. The van der Waals surface area contributed by atoms with E-state index < -0.39 is 0 Å². The van der Waals surface area contributed by atoms with Gasteiger partial charge < -0.3 is 0 Å². The maximum atomic E-state index is 2.30. The van der Waals surface area contributed by atoms with Crippen LogP contribution in [-0.4, -0.2) is 0 Å². The molecular formula is C10H15. The van der Waals surface area contributed by atoms with E-state index in [9.17, 15) is 0 Å². The third-order valence-electron chi connectivity index (χ3n) is 1.68. The van der Waals surface area contributed by atoms with Crippen molar-refractivity contribution in [3.8, 4) is 0 Å². The maximum absolute atomic E-state index is 2.30. The van der Waals surface area contributed by atoms with Crippen molar-refractivity contribution in [1.29, 1.82) is 0 Å². The second kappa shape index (κ2) is 5.28. The molecule has 1 radical (unpaired) electrons. The zero-order chi connectivity index (χ0) is 7.07. The van der Waals surface area contributed by atoms with Crippen molar-refractivity contribution in [2.75, 3.05) is 0 Å². The first-order valence-electron chi connectivity index (χ1n) is 4.13. The Kier molecular flexibility index (Phi) is 4.00. The first-order valence-corrected chi connectivity index (χ1v) is 4.13. The molecule has 0 N–H and O–H groups in total. The minimum atomic E-state index is 1.20. The van der Waals surface area contributed by atoms with Gasteiger partial charge in [-0.25, -0.2) is 0 Å². The van der Waals surface area contributed by atoms with Gasteiger partial charge in [-0.2, -0.15) is 0 Å². The Morgan fingerprint density at radius 3 is 2.50 bits per heavy atom. The molecular weight excluding hydrogens is 120 g/mol. The zero-order valence-electron chi connectivity index (χ0n) is 6.42. The number of hydrogen-bond acceptors (Lipinski definition) is 0. The lowest BCUT2D eigenvalue weighted by Gasteiger charge is -1.95. The van der Waals surface area contributed by atoms with Gasteiger partial charge in [-0.15, -0.1) is 0 Å². The highest BCUT2D eigenvalue weighted by Gasteiger charge is 1.86. The van der Waals surface area contributed by atoms with Crippen molar-refractivity contribution in [3.05, 3.63) is 30.7 Å². The lowest BCUT2D eigenvalue weighted by Crippen LogP contribution is -1.76. The van der Waals surface area contributed by atoms with Crippen LogP contribution in [0.5, 0.6) is 0 Å². The molecule has 0 nitrogen and oxygen atoms in total. The fourth-order valence-corrected chi connectivity index (χ4v) is 1.07. The van der Waals surface area contributed by atoms with Crippen LogP contribution >= 0.6 is 0 Å². The summed E-state index contributed by atoms with van der Waals surface area (Å²) in [4.78, 5) is 0. The highest BCUT2D eigenvalue weighted by Crippen LogP contribution is 2.05. The highest BCUT2D eigenvalue weighted by molar-refractivity contribution is 4.97. The van der Waals surface area contributed by atoms with E-state index in [4.69, 9.17) is 0 Å². The van der Waals surface area contributed by atoms with Gasteiger partial charge in [0.05, 0.1) is 0 Å². The van der Waals surface area contributed by atoms with Crippen LogP contribution < -0.4 is 0 Å². The molecule has 0 unspecified atom stereocenters. The van der Waals surface area contributed by atoms with E-state index in [1.165, 1.54) is 32.1 Å². The van der Waals surface area contributed by atoms with Crippen molar-refractivity contribution < 1.29 is 0 Å². The highest BCUT2D eigenvalue weighted by atomic mass is 13.9. The van der Waals surface area contributed by atoms with E-state index >= 15 is 0 Å². The SMILES string of the molecule is [CH]1/C=C/CC/C=C\CCC1. The molecule has 0 saturated carbocycles. The molecule has 0 aromatic carbocycles. The van der Waals surface area contributed by atoms with E-state index in [2.05, 4.69) is 30.7 Å². The van der Waals surface area contributed by atoms with Gasteiger partial charge in [0.1, 0.15) is 0 Å². The standard InChI is InChI=1S/C10H15/c1-2-4-6-8-10-9-7-5-3-1/h1-3,8,10H,4-7,9H2/b2-1+,10-8-. The molecule has 0 aliphatic heterocycles. The topological polar surface area (TPSA) is 0 Å². The van der Waals surface area contributed by atoms with Gasteiger partial charge in [0, 0.05) is 0 Å². The van der Waals surface area contributed by atoms with Gasteiger partial charge in [0.2, 0.25) is 0 Å². The van der Waals surface area contributed by atoms with Crippen molar-refractivity contribution >= 4 is 0 Å². The zero-order valence-corrected chi connectivity index (χ0v) is 6.42. The van der Waals surface area contributed by atoms with Crippen LogP contribution in [0.1, 0.15) is 32.1 Å². The number of hydrogen-bond donors (Lipinski definition) is 0. The lowest BCUT2D eigenvalue weighted by molar-refractivity contribution is 0.833. The van der Waals surface area contributed by atoms with Crippen LogP contribution in [0.25, 0.3) is 0 Å². The molecule has 1 aliphatic carbocycles. The average molecular weight is 135 g/mol. The molecule has 0 atom stereocenters. The van der Waals surface area contributed by atoms with Gasteiger partial charge in [-0.3, -0.25) is 0 Å². The quantitative estimate of drug-likeness (QED) is 0.447. The van der Waals surface area contributed by atoms with Gasteiger partial charge >= 0.3 is 0 Å². The summed E-state index contributed by atoms with van der Waals surface area (Å²) < 4.78 is 0. The summed E-state index contributed by atoms with van der Waals surface area (Å²) in [5, 5.41) is 0. The lowest BCUT2D eigenvalue weighted by atomic mass is 10.1. The Morgan fingerprint density at radius 2 is 1.50 bits per heavy atom. The van der Waals surface area contributed by atoms with Gasteiger partial charge in [0.25, 0.3) is 0 Å². The second-order valence-electron chi connectivity index (χ2n) is 2.64. The Hall–Kier alpha value is -0.520. The third kappa shape index (κ3) is 3.49. The first-order chi connectivity index (χ1) is 5.00. The van der Waals surface area contributed by atoms with E-state index in [0.717, 1.165) is 0 Å². The summed E-state index contributed by atoms with van der Waals surface area (Å²) in [6, 6.07) is 0. The minimum absolute atomic E-state index is 1.20. The molecule has 0 heteroatoms. The van der Waals surface area contributed by atoms with Crippen LogP contribution in [0, 0.1) is 6.42 Å². The van der Waals surface area contributed by atoms with Crippen LogP contribution in [0.4, 0.5) is 0 Å². The molecule has 1 rings (SSSR count). The largest absolute Gasteiger partial charge is 0.0885 e. The van der Waals surface area contributed by atoms with Crippen LogP contribution in [0.3, 0.4) is 0 Å². The van der Waals surface area contributed by atoms with Crippen molar-refractivity contribution in [3.63, 3.8) is 0 Å². The summed E-state index contributed by atoms with van der Waals surface area (Å²) in [6.45, 7) is 0. The summed E-state index contributed by atoms with van der Waals surface area (Å²) in [6.07, 6.45) is 17.5. The Bertz CT molecular complexity index is 104. The Morgan fingerprint density at radius 1 is 0.700 bits per heavy atom. The molecule has 0 bridgehead atoms. The normalized spacial score (nSPS) is 27.2. The molecule has 0 fully saturated rings. The summed E-state index contributed by atoms with van der Waals surface area (Å²) in [7, 11) is 0. The van der Waals surface area contributed by atoms with Crippen molar-refractivity contribution in [2.24, 2.45) is 0 Å². The molecule has 0 heterocycles. The molecule has 1 aliphatic rings. The van der Waals surface area contributed by atoms with E-state index in [1.54, 1.807) is 0 Å². The van der Waals surface area contributed by atoms with Crippen molar-refractivity contribution in [2.45, 2.75) is 32.1 Å². The molecule has 10 heavy (non-hydrogen) atoms. The number of rotatable bonds is 0. The molecule has 0 saturated heterocycles. The van der Waals surface area contributed by atoms with E-state index in [1.807, 2.05) is 0 Å². The van der Waals surface area contributed by atoms with Crippen molar-refractivity contribution in [1.82, 2.24) is 0 Å². The molecule has 0 spiro atoms. The molecule has 0 aromatic heterocycles. The molecule has 0 aromatic rings. The van der Waals surface area contributed by atoms with E-state index in [0.29, 0.717) is 0 Å². The average Bonchev–Trinajstić information content (AvgIpc) is 2.01. The monoisotopic (exact) mass is 135 g/mol. The minimum Gasteiger partial charge on any atom is -0.0885 e. The maximum Gasteiger partial charge on any atom is -0.0170 e. The Balaban J connectivity index is 2.23. The van der Waals surface area contributed by atoms with Crippen LogP contribution in [-0.2, 0) is 0 Å². The fourth-order valence-electron chi connectivity index (χ4n) is 1.07. The van der Waals surface area contributed by atoms with Gasteiger partial charge in [-0.1, -0.05) is 24.3 Å². The number of allylic oxidation sites excluding steroid dienone is 4. The first kappa shape index (κ1) is 7.59. The predicted molar refractivity (Wildman–Crippen MR) is 45.7 cm³/mol. The third-order valence-corrected chi connectivity index (χ3v) is 1.68. The molecule has 55 valence electrons. The van der Waals surface area contributed by atoms with Crippen LogP contribution in [0.2, 0.25) is 0 Å². The Labute approximate surface area is 63.6 Å². The van der Waals surface area contributed by atoms with Gasteiger partial charge in [-0.05, 0) is 38.5 Å².